The van der Waals surface area contributed by atoms with Crippen molar-refractivity contribution in [3.63, 3.8) is 0 Å². The maximum atomic E-state index is 6.07. The minimum absolute atomic E-state index is 0.585. The van der Waals surface area contributed by atoms with E-state index in [9.17, 15) is 0 Å². The fourth-order valence-electron chi connectivity index (χ4n) is 8.99. The number of fused-ring (bicyclic) bond motifs is 2. The van der Waals surface area contributed by atoms with Gasteiger partial charge >= 0.3 is 0 Å². The Hall–Kier alpha value is -8.90. The van der Waals surface area contributed by atoms with Crippen LogP contribution in [-0.4, -0.2) is 97.8 Å². The van der Waals surface area contributed by atoms with E-state index in [0.29, 0.717) is 52.5 Å². The Morgan fingerprint density at radius 2 is 0.762 bits per heavy atom. The van der Waals surface area contributed by atoms with Crippen LogP contribution in [0.2, 0.25) is 0 Å². The lowest BCUT2D eigenvalue weighted by Crippen LogP contribution is -2.20. The summed E-state index contributed by atoms with van der Waals surface area (Å²) >= 11 is 0. The molecule has 0 bridgehead atoms. The summed E-state index contributed by atoms with van der Waals surface area (Å²) in [6.45, 7) is 8.32. The van der Waals surface area contributed by atoms with Gasteiger partial charge in [-0.1, -0.05) is 82.6 Å². The molecule has 0 saturated carbocycles. The third kappa shape index (κ3) is 16.1. The van der Waals surface area contributed by atoms with Crippen molar-refractivity contribution in [1.82, 2.24) is 51.3 Å². The van der Waals surface area contributed by atoms with Crippen LogP contribution in [0.3, 0.4) is 0 Å². The van der Waals surface area contributed by atoms with Crippen molar-refractivity contribution in [3.05, 3.63) is 191 Å². The summed E-state index contributed by atoms with van der Waals surface area (Å²) in [6.07, 6.45) is 5.64. The van der Waals surface area contributed by atoms with Gasteiger partial charge in [-0.2, -0.15) is 0 Å². The molecule has 0 amide bonds. The molecular formula is C64H68N10O6. The molecule has 0 unspecified atom stereocenters. The van der Waals surface area contributed by atoms with Crippen molar-refractivity contribution in [2.24, 2.45) is 0 Å². The predicted octanol–water partition coefficient (Wildman–Crippen LogP) is 8.71. The molecule has 410 valence electrons. The van der Waals surface area contributed by atoms with Gasteiger partial charge in [-0.3, -0.25) is 9.36 Å². The molecule has 2 aromatic heterocycles. The molecule has 0 aliphatic rings. The zero-order valence-corrected chi connectivity index (χ0v) is 45.9. The van der Waals surface area contributed by atoms with Crippen LogP contribution in [0.5, 0.6) is 34.5 Å². The lowest BCUT2D eigenvalue weighted by atomic mass is 9.92. The van der Waals surface area contributed by atoms with Gasteiger partial charge in [-0.05, 0) is 131 Å². The van der Waals surface area contributed by atoms with E-state index in [4.69, 9.17) is 28.4 Å². The minimum Gasteiger partial charge on any atom is -0.497 e. The van der Waals surface area contributed by atoms with Crippen LogP contribution in [0.4, 0.5) is 0 Å². The molecule has 0 atom stereocenters. The second kappa shape index (κ2) is 29.2. The summed E-state index contributed by atoms with van der Waals surface area (Å²) in [7, 11) is 6.62. The van der Waals surface area contributed by atoms with Crippen molar-refractivity contribution < 1.29 is 28.4 Å². The Balaban J connectivity index is 0.692. The number of nitrogens with zero attached hydrogens (tertiary/aromatic N) is 6. The van der Waals surface area contributed by atoms with Gasteiger partial charge in [0.15, 0.2) is 0 Å². The van der Waals surface area contributed by atoms with Gasteiger partial charge in [0.2, 0.25) is 0 Å². The van der Waals surface area contributed by atoms with Crippen LogP contribution in [-0.2, 0) is 39.3 Å². The van der Waals surface area contributed by atoms with Crippen LogP contribution in [0.25, 0.3) is 21.5 Å². The molecule has 7 aromatic carbocycles. The van der Waals surface area contributed by atoms with E-state index in [2.05, 4.69) is 114 Å². The number of aromatic nitrogens is 6. The molecule has 0 spiro atoms. The van der Waals surface area contributed by atoms with Gasteiger partial charge in [0.05, 0.1) is 66.1 Å². The average Bonchev–Trinajstić information content (AvgIpc) is 4.28. The number of hydrogen-bond acceptors (Lipinski definition) is 14. The summed E-state index contributed by atoms with van der Waals surface area (Å²) in [5.74, 6) is 18.6. The highest BCUT2D eigenvalue weighted by Crippen LogP contribution is 2.33. The summed E-state index contributed by atoms with van der Waals surface area (Å²) in [4.78, 5) is 0. The lowest BCUT2D eigenvalue weighted by molar-refractivity contribution is 0.308. The van der Waals surface area contributed by atoms with E-state index in [1.165, 1.54) is 0 Å². The number of ether oxygens (including phenoxy) is 6. The first-order valence-electron chi connectivity index (χ1n) is 26.9. The van der Waals surface area contributed by atoms with E-state index in [0.717, 1.165) is 140 Å². The predicted molar refractivity (Wildman–Crippen MR) is 312 cm³/mol. The Bertz CT molecular complexity index is 3220. The maximum absolute atomic E-state index is 6.07. The zero-order valence-electron chi connectivity index (χ0n) is 45.9. The normalized spacial score (nSPS) is 10.9. The number of methoxy groups -OCH3 is 4. The van der Waals surface area contributed by atoms with Crippen LogP contribution < -0.4 is 49.7 Å². The molecule has 0 saturated heterocycles. The molecule has 0 fully saturated rings. The van der Waals surface area contributed by atoms with Crippen molar-refractivity contribution in [2.45, 2.75) is 52.1 Å². The maximum Gasteiger partial charge on any atom is 0.122 e. The molecule has 80 heavy (non-hydrogen) atoms. The van der Waals surface area contributed by atoms with E-state index < -0.39 is 0 Å². The Labute approximate surface area is 468 Å². The Morgan fingerprint density at radius 1 is 0.400 bits per heavy atom. The number of benzene rings is 7. The summed E-state index contributed by atoms with van der Waals surface area (Å²) in [5, 5.41) is 35.2. The molecule has 9 rings (SSSR count). The summed E-state index contributed by atoms with van der Waals surface area (Å²) in [6, 6.07) is 44.5. The fraction of sp³-hybridized carbons (Fsp3) is 0.281. The zero-order chi connectivity index (χ0) is 55.1. The fourth-order valence-corrected chi connectivity index (χ4v) is 8.99. The monoisotopic (exact) mass is 1070 g/mol. The third-order valence-electron chi connectivity index (χ3n) is 13.1. The van der Waals surface area contributed by atoms with Gasteiger partial charge in [-0.25, -0.2) is 0 Å². The van der Waals surface area contributed by atoms with Crippen molar-refractivity contribution in [2.75, 3.05) is 67.8 Å². The van der Waals surface area contributed by atoms with E-state index in [1.807, 2.05) is 107 Å². The summed E-state index contributed by atoms with van der Waals surface area (Å²) < 4.78 is 37.4. The molecule has 16 nitrogen and oxygen atoms in total. The Kier molecular flexibility index (Phi) is 20.4. The molecule has 0 radical (unpaired) electrons. The highest BCUT2D eigenvalue weighted by molar-refractivity contribution is 6.09. The van der Waals surface area contributed by atoms with Crippen molar-refractivity contribution in [3.8, 4) is 58.2 Å². The largest absolute Gasteiger partial charge is 0.497 e. The minimum atomic E-state index is 0.585. The van der Waals surface area contributed by atoms with Crippen LogP contribution in [0.15, 0.2) is 146 Å². The van der Waals surface area contributed by atoms with Gasteiger partial charge in [-0.15, -0.1) is 10.2 Å². The summed E-state index contributed by atoms with van der Waals surface area (Å²) in [5.41, 5.74) is 7.73. The molecule has 2 heterocycles. The first kappa shape index (κ1) is 55.8. The van der Waals surface area contributed by atoms with Crippen molar-refractivity contribution >= 4 is 21.5 Å². The second-order valence-corrected chi connectivity index (χ2v) is 18.9. The number of rotatable bonds is 28. The quantitative estimate of drug-likeness (QED) is 0.0209. The van der Waals surface area contributed by atoms with Crippen LogP contribution in [0.1, 0.15) is 57.6 Å². The van der Waals surface area contributed by atoms with E-state index >= 15 is 0 Å². The standard InChI is InChI=1S/C64H68N10O6/c1-75-55-35-49(36-56(39-55)76-2)41-67-29-31-73-45-51(69-71-73)43-65-27-9-33-79-53-21-15-47(16-22-53)19-25-63-59-11-5-7-13-61(59)64(62-14-8-6-12-60(62)63)26-20-48-17-23-54(24-18-48)80-34-10-28-66-44-52-46-74(72-70-52)32-30-68-42-50-37-57(77-3)40-58(38-50)78-4/h5-8,11-18,21-24,35-40,45-46,65-68H,9-10,27-34,41-44H2,1-4H3. The molecule has 4 N–H and O–H groups in total. The van der Waals surface area contributed by atoms with E-state index in [-0.39, 0.29) is 0 Å². The molecule has 9 aromatic rings. The van der Waals surface area contributed by atoms with Crippen LogP contribution >= 0.6 is 0 Å². The highest BCUT2D eigenvalue weighted by Gasteiger charge is 2.12. The van der Waals surface area contributed by atoms with Gasteiger partial charge in [0.1, 0.15) is 34.5 Å². The number of hydrogen-bond donors (Lipinski definition) is 4. The SMILES string of the molecule is COc1cc(CNCCn2cc(CNCCCOc3ccc(C#Cc4c5ccccc5c(C#Cc5ccc(OCCCNCc6cn(CCNCc7cc(OC)cc(OC)c7)nn6)cc5)c5ccccc45)cc3)nn2)cc(OC)c1. The molecule has 0 aliphatic carbocycles. The first-order chi connectivity index (χ1) is 39.4. The molecule has 0 aliphatic heterocycles. The highest BCUT2D eigenvalue weighted by atomic mass is 16.5. The Morgan fingerprint density at radius 3 is 1.12 bits per heavy atom. The number of nitrogens with one attached hydrogen (secondary N) is 4. The van der Waals surface area contributed by atoms with Gasteiger partial charge in [0.25, 0.3) is 0 Å². The van der Waals surface area contributed by atoms with Crippen molar-refractivity contribution in [1.29, 1.82) is 0 Å². The van der Waals surface area contributed by atoms with Gasteiger partial charge in [0, 0.05) is 86.0 Å². The topological polar surface area (TPSA) is 165 Å². The van der Waals surface area contributed by atoms with Crippen LogP contribution in [0, 0.1) is 23.7 Å². The van der Waals surface area contributed by atoms with Gasteiger partial charge < -0.3 is 49.7 Å². The van der Waals surface area contributed by atoms with E-state index in [1.54, 1.807) is 28.4 Å². The molecule has 16 heteroatoms. The first-order valence-corrected chi connectivity index (χ1v) is 26.9. The second-order valence-electron chi connectivity index (χ2n) is 18.9. The smallest absolute Gasteiger partial charge is 0.122 e. The third-order valence-corrected chi connectivity index (χ3v) is 13.1. The average molecular weight is 1070 g/mol. The lowest BCUT2D eigenvalue weighted by Gasteiger charge is -2.10. The molecular weight excluding hydrogens is 1000 g/mol.